The fourth-order valence-corrected chi connectivity index (χ4v) is 2.40. The molecule has 0 fully saturated rings. The minimum absolute atomic E-state index is 0.668. The van der Waals surface area contributed by atoms with E-state index in [1.807, 2.05) is 67.7 Å². The van der Waals surface area contributed by atoms with Gasteiger partial charge >= 0.3 is 0 Å². The van der Waals surface area contributed by atoms with E-state index in [-0.39, 0.29) is 0 Å². The van der Waals surface area contributed by atoms with E-state index in [0.29, 0.717) is 5.88 Å². The molecule has 3 aromatic rings. The van der Waals surface area contributed by atoms with E-state index in [2.05, 4.69) is 17.4 Å². The van der Waals surface area contributed by atoms with Crippen LogP contribution in [0.3, 0.4) is 0 Å². The van der Waals surface area contributed by atoms with Crippen LogP contribution < -0.4 is 4.74 Å². The van der Waals surface area contributed by atoms with Gasteiger partial charge in [0.1, 0.15) is 12.0 Å². The van der Waals surface area contributed by atoms with Gasteiger partial charge in [0.15, 0.2) is 0 Å². The third-order valence-corrected chi connectivity index (χ3v) is 3.36. The summed E-state index contributed by atoms with van der Waals surface area (Å²) in [6, 6.07) is 20.2. The number of ether oxygens (including phenoxy) is 1. The molecular weight excluding hydrogens is 272 g/mol. The Labute approximate surface area is 129 Å². The number of benzene rings is 2. The number of nitrogens with zero attached hydrogens (tertiary/aromatic N) is 2. The molecule has 0 aliphatic rings. The predicted molar refractivity (Wildman–Crippen MR) is 88.4 cm³/mol. The van der Waals surface area contributed by atoms with Gasteiger partial charge in [-0.2, -0.15) is 5.10 Å². The molecule has 1 heterocycles. The smallest absolute Gasteiger partial charge is 0.226 e. The molecule has 3 nitrogen and oxygen atoms in total. The van der Waals surface area contributed by atoms with Crippen molar-refractivity contribution < 1.29 is 4.74 Å². The Morgan fingerprint density at radius 2 is 1.59 bits per heavy atom. The van der Waals surface area contributed by atoms with Crippen molar-refractivity contribution in [3.63, 3.8) is 0 Å². The summed E-state index contributed by atoms with van der Waals surface area (Å²) in [4.78, 5) is 0. The first-order valence-corrected chi connectivity index (χ1v) is 7.00. The Balaban J connectivity index is 2.25. The first kappa shape index (κ1) is 13.9. The Bertz CT molecular complexity index is 813. The quantitative estimate of drug-likeness (QED) is 0.524. The Hall–Kier alpha value is -3.03. The molecule has 0 aliphatic heterocycles. The van der Waals surface area contributed by atoms with Crippen LogP contribution in [0.2, 0.25) is 0 Å². The summed E-state index contributed by atoms with van der Waals surface area (Å²) in [5.74, 6) is 0.668. The van der Waals surface area contributed by atoms with Crippen LogP contribution >= 0.6 is 0 Å². The van der Waals surface area contributed by atoms with Gasteiger partial charge in [-0.05, 0) is 5.56 Å². The summed E-state index contributed by atoms with van der Waals surface area (Å²) in [7, 11) is 1.87. The highest BCUT2D eigenvalue weighted by Gasteiger charge is 2.20. The molecule has 3 heteroatoms. The second-order valence-corrected chi connectivity index (χ2v) is 4.82. The van der Waals surface area contributed by atoms with Gasteiger partial charge in [-0.3, -0.25) is 0 Å². The lowest BCUT2D eigenvalue weighted by molar-refractivity contribution is 0.431. The number of hydrogen-bond acceptors (Lipinski definition) is 2. The van der Waals surface area contributed by atoms with E-state index in [1.165, 1.54) is 6.26 Å². The SMILES string of the molecule is C=C=COc1c(-c2ccccc2)c(-c2ccccc2)nn1C. The van der Waals surface area contributed by atoms with Gasteiger partial charge in [0.05, 0.1) is 5.56 Å². The molecule has 0 N–H and O–H groups in total. The van der Waals surface area contributed by atoms with E-state index in [9.17, 15) is 0 Å². The molecule has 0 spiro atoms. The van der Waals surface area contributed by atoms with Crippen LogP contribution in [0.25, 0.3) is 22.4 Å². The molecule has 0 atom stereocenters. The van der Waals surface area contributed by atoms with Crippen molar-refractivity contribution in [2.45, 2.75) is 0 Å². The van der Waals surface area contributed by atoms with E-state index < -0.39 is 0 Å². The van der Waals surface area contributed by atoms with Crippen LogP contribution in [0.1, 0.15) is 0 Å². The highest BCUT2D eigenvalue weighted by Crippen LogP contribution is 2.38. The third-order valence-electron chi connectivity index (χ3n) is 3.36. The lowest BCUT2D eigenvalue weighted by atomic mass is 10.0. The van der Waals surface area contributed by atoms with Gasteiger partial charge in [0, 0.05) is 12.6 Å². The van der Waals surface area contributed by atoms with Crippen LogP contribution in [0.5, 0.6) is 5.88 Å². The second kappa shape index (κ2) is 6.17. The summed E-state index contributed by atoms with van der Waals surface area (Å²) >= 11 is 0. The molecule has 0 saturated heterocycles. The van der Waals surface area contributed by atoms with Crippen LogP contribution in [0.4, 0.5) is 0 Å². The minimum atomic E-state index is 0.668. The molecule has 2 aromatic carbocycles. The van der Waals surface area contributed by atoms with Crippen molar-refractivity contribution in [1.82, 2.24) is 9.78 Å². The first-order chi connectivity index (χ1) is 10.8. The van der Waals surface area contributed by atoms with Gasteiger partial charge in [-0.1, -0.05) is 73.0 Å². The molecule has 3 rings (SSSR count). The van der Waals surface area contributed by atoms with E-state index in [1.54, 1.807) is 4.68 Å². The van der Waals surface area contributed by atoms with Gasteiger partial charge in [0.25, 0.3) is 0 Å². The summed E-state index contributed by atoms with van der Waals surface area (Å²) in [6.07, 6.45) is 1.44. The lowest BCUT2D eigenvalue weighted by Gasteiger charge is -2.06. The molecule has 0 radical (unpaired) electrons. The zero-order chi connectivity index (χ0) is 15.4. The molecular formula is C19H16N2O. The Morgan fingerprint density at radius 1 is 1.00 bits per heavy atom. The Kier molecular flexibility index (Phi) is 3.90. The van der Waals surface area contributed by atoms with Crippen molar-refractivity contribution in [3.05, 3.63) is 79.2 Å². The predicted octanol–water partition coefficient (Wildman–Crippen LogP) is 4.43. The monoisotopic (exact) mass is 288 g/mol. The summed E-state index contributed by atoms with van der Waals surface area (Å²) in [5.41, 5.74) is 6.59. The lowest BCUT2D eigenvalue weighted by Crippen LogP contribution is -1.94. The molecule has 22 heavy (non-hydrogen) atoms. The van der Waals surface area contributed by atoms with Crippen LogP contribution in [0.15, 0.2) is 79.2 Å². The van der Waals surface area contributed by atoms with Gasteiger partial charge in [-0.15, -0.1) is 0 Å². The maximum atomic E-state index is 5.68. The number of rotatable bonds is 4. The molecule has 0 aliphatic carbocycles. The minimum Gasteiger partial charge on any atom is -0.438 e. The van der Waals surface area contributed by atoms with Crippen molar-refractivity contribution in [2.24, 2.45) is 7.05 Å². The second-order valence-electron chi connectivity index (χ2n) is 4.82. The van der Waals surface area contributed by atoms with Gasteiger partial charge in [0.2, 0.25) is 5.88 Å². The maximum Gasteiger partial charge on any atom is 0.226 e. The zero-order valence-corrected chi connectivity index (χ0v) is 12.4. The molecule has 108 valence electrons. The molecule has 0 saturated carbocycles. The summed E-state index contributed by atoms with van der Waals surface area (Å²) < 4.78 is 7.41. The largest absolute Gasteiger partial charge is 0.438 e. The highest BCUT2D eigenvalue weighted by molar-refractivity contribution is 5.84. The van der Waals surface area contributed by atoms with Crippen molar-refractivity contribution in [3.8, 4) is 28.3 Å². The topological polar surface area (TPSA) is 27.1 Å². The average molecular weight is 288 g/mol. The summed E-state index contributed by atoms with van der Waals surface area (Å²) in [6.45, 7) is 3.54. The zero-order valence-electron chi connectivity index (χ0n) is 12.4. The van der Waals surface area contributed by atoms with Gasteiger partial charge < -0.3 is 4.74 Å². The normalized spacial score (nSPS) is 10.0. The molecule has 0 amide bonds. The van der Waals surface area contributed by atoms with Crippen LogP contribution in [-0.2, 0) is 7.05 Å². The fourth-order valence-electron chi connectivity index (χ4n) is 2.40. The van der Waals surface area contributed by atoms with Crippen molar-refractivity contribution >= 4 is 0 Å². The number of aryl methyl sites for hydroxylation is 1. The van der Waals surface area contributed by atoms with Crippen LogP contribution in [-0.4, -0.2) is 9.78 Å². The maximum absolute atomic E-state index is 5.68. The van der Waals surface area contributed by atoms with E-state index >= 15 is 0 Å². The average Bonchev–Trinajstić information content (AvgIpc) is 2.91. The third kappa shape index (κ3) is 2.58. The fraction of sp³-hybridized carbons (Fsp3) is 0.0526. The molecule has 0 bridgehead atoms. The van der Waals surface area contributed by atoms with E-state index in [0.717, 1.165) is 22.4 Å². The first-order valence-electron chi connectivity index (χ1n) is 7.00. The number of aromatic nitrogens is 2. The van der Waals surface area contributed by atoms with Crippen LogP contribution in [0, 0.1) is 0 Å². The molecule has 0 unspecified atom stereocenters. The summed E-state index contributed by atoms with van der Waals surface area (Å²) in [5, 5.41) is 4.63. The highest BCUT2D eigenvalue weighted by atomic mass is 16.5. The standard InChI is InChI=1S/C19H16N2O/c1-3-14-22-19-17(15-10-6-4-7-11-15)18(20-21(19)2)16-12-8-5-9-13-16/h4-14H,1H2,2H3. The van der Waals surface area contributed by atoms with Crippen molar-refractivity contribution in [1.29, 1.82) is 0 Å². The molecule has 1 aromatic heterocycles. The van der Waals surface area contributed by atoms with E-state index in [4.69, 9.17) is 4.74 Å². The van der Waals surface area contributed by atoms with Gasteiger partial charge in [-0.25, -0.2) is 4.68 Å². The Morgan fingerprint density at radius 3 is 2.18 bits per heavy atom. The number of hydrogen-bond donors (Lipinski definition) is 0. The van der Waals surface area contributed by atoms with Crippen molar-refractivity contribution in [2.75, 3.05) is 0 Å².